The number of aliphatic hydroxyl groups is 1. The Hall–Kier alpha value is -0.590. The van der Waals surface area contributed by atoms with E-state index in [9.17, 15) is 5.11 Å². The monoisotopic (exact) mass is 298 g/mol. The van der Waals surface area contributed by atoms with Gasteiger partial charge in [0.15, 0.2) is 5.16 Å². The lowest BCUT2D eigenvalue weighted by Crippen LogP contribution is -2.54. The number of nitrogens with one attached hydrogen (secondary N) is 1. The zero-order valence-corrected chi connectivity index (χ0v) is 13.7. The Morgan fingerprint density at radius 1 is 1.50 bits per heavy atom. The Bertz CT molecular complexity index is 448. The summed E-state index contributed by atoms with van der Waals surface area (Å²) in [5.74, 6) is 0.942. The fraction of sp³-hybridized carbons (Fsp3) is 0.857. The molecule has 2 unspecified atom stereocenters. The largest absolute Gasteiger partial charge is 0.394 e. The minimum Gasteiger partial charge on any atom is -0.394 e. The van der Waals surface area contributed by atoms with Gasteiger partial charge in [-0.2, -0.15) is 0 Å². The molecule has 1 saturated carbocycles. The second-order valence-electron chi connectivity index (χ2n) is 6.16. The molecular weight excluding hydrogens is 272 g/mol. The van der Waals surface area contributed by atoms with Crippen LogP contribution in [0.1, 0.15) is 45.4 Å². The van der Waals surface area contributed by atoms with E-state index >= 15 is 0 Å². The Morgan fingerprint density at radius 3 is 2.80 bits per heavy atom. The lowest BCUT2D eigenvalue weighted by atomic mass is 9.81. The lowest BCUT2D eigenvalue weighted by molar-refractivity contribution is 0.115. The first-order valence-electron chi connectivity index (χ1n) is 7.37. The summed E-state index contributed by atoms with van der Waals surface area (Å²) in [5, 5.41) is 23.2. The molecule has 0 aromatic carbocycles. The van der Waals surface area contributed by atoms with Gasteiger partial charge in [0.1, 0.15) is 5.82 Å². The van der Waals surface area contributed by atoms with E-state index in [-0.39, 0.29) is 12.1 Å². The van der Waals surface area contributed by atoms with Crippen LogP contribution >= 0.6 is 11.8 Å². The predicted octanol–water partition coefficient (Wildman–Crippen LogP) is 1.89. The third-order valence-electron chi connectivity index (χ3n) is 4.02. The Balaban J connectivity index is 2.04. The standard InChI is InChI=1S/C14H26N4OS/c1-10(2)15-14(9-19)7-5-6-12(8-14)20-13-17-16-11(3)18(13)4/h10,12,15,19H,5-9H2,1-4H3. The molecule has 2 N–H and O–H groups in total. The molecule has 114 valence electrons. The van der Waals surface area contributed by atoms with Crippen LogP contribution in [-0.2, 0) is 7.05 Å². The van der Waals surface area contributed by atoms with Gasteiger partial charge >= 0.3 is 0 Å². The first-order chi connectivity index (χ1) is 9.46. The van der Waals surface area contributed by atoms with E-state index in [1.54, 1.807) is 11.8 Å². The second-order valence-corrected chi connectivity index (χ2v) is 7.43. The summed E-state index contributed by atoms with van der Waals surface area (Å²) in [4.78, 5) is 0. The van der Waals surface area contributed by atoms with Gasteiger partial charge in [0.25, 0.3) is 0 Å². The molecule has 1 aliphatic carbocycles. The maximum Gasteiger partial charge on any atom is 0.191 e. The summed E-state index contributed by atoms with van der Waals surface area (Å²) in [5.41, 5.74) is -0.127. The zero-order valence-electron chi connectivity index (χ0n) is 12.9. The number of hydrogen-bond donors (Lipinski definition) is 2. The lowest BCUT2D eigenvalue weighted by Gasteiger charge is -2.41. The number of aliphatic hydroxyl groups excluding tert-OH is 1. The molecule has 2 atom stereocenters. The molecule has 1 aromatic rings. The molecule has 6 heteroatoms. The van der Waals surface area contributed by atoms with Gasteiger partial charge in [0.05, 0.1) is 6.61 Å². The zero-order chi connectivity index (χ0) is 14.8. The average Bonchev–Trinajstić information content (AvgIpc) is 2.70. The quantitative estimate of drug-likeness (QED) is 0.869. The molecule has 0 aliphatic heterocycles. The Morgan fingerprint density at radius 2 is 2.25 bits per heavy atom. The topological polar surface area (TPSA) is 63.0 Å². The maximum atomic E-state index is 9.83. The van der Waals surface area contributed by atoms with Crippen molar-refractivity contribution in [3.05, 3.63) is 5.82 Å². The number of nitrogens with zero attached hydrogens (tertiary/aromatic N) is 3. The third-order valence-corrected chi connectivity index (χ3v) is 5.32. The van der Waals surface area contributed by atoms with Crippen LogP contribution in [0.4, 0.5) is 0 Å². The molecule has 20 heavy (non-hydrogen) atoms. The molecular formula is C14H26N4OS. The van der Waals surface area contributed by atoms with Gasteiger partial charge in [-0.3, -0.25) is 0 Å². The predicted molar refractivity (Wildman–Crippen MR) is 81.9 cm³/mol. The van der Waals surface area contributed by atoms with Crippen molar-refractivity contribution in [1.29, 1.82) is 0 Å². The molecule has 1 heterocycles. The number of aryl methyl sites for hydroxylation is 1. The van der Waals surface area contributed by atoms with Crippen molar-refractivity contribution in [3.8, 4) is 0 Å². The average molecular weight is 298 g/mol. The number of hydrogen-bond acceptors (Lipinski definition) is 5. The van der Waals surface area contributed by atoms with Gasteiger partial charge < -0.3 is 15.0 Å². The SMILES string of the molecule is Cc1nnc(SC2CCCC(CO)(NC(C)C)C2)n1C. The van der Waals surface area contributed by atoms with Crippen LogP contribution in [0.25, 0.3) is 0 Å². The fourth-order valence-corrected chi connectivity index (χ4v) is 4.34. The van der Waals surface area contributed by atoms with Gasteiger partial charge in [0.2, 0.25) is 0 Å². The van der Waals surface area contributed by atoms with E-state index in [1.807, 2.05) is 18.5 Å². The molecule has 1 aliphatic rings. The molecule has 0 bridgehead atoms. The van der Waals surface area contributed by atoms with Crippen molar-refractivity contribution in [2.45, 2.75) is 68.4 Å². The molecule has 0 spiro atoms. The molecule has 1 fully saturated rings. The third kappa shape index (κ3) is 3.54. The second kappa shape index (κ2) is 6.45. The van der Waals surface area contributed by atoms with Crippen LogP contribution in [0.3, 0.4) is 0 Å². The summed E-state index contributed by atoms with van der Waals surface area (Å²) in [7, 11) is 2.01. The summed E-state index contributed by atoms with van der Waals surface area (Å²) in [6.45, 7) is 6.46. The van der Waals surface area contributed by atoms with Gasteiger partial charge in [-0.25, -0.2) is 0 Å². The van der Waals surface area contributed by atoms with Gasteiger partial charge in [-0.1, -0.05) is 32.0 Å². The summed E-state index contributed by atoms with van der Waals surface area (Å²) in [6.07, 6.45) is 4.36. The van der Waals surface area contributed by atoms with E-state index in [2.05, 4.69) is 29.4 Å². The number of rotatable bonds is 5. The minimum atomic E-state index is -0.127. The van der Waals surface area contributed by atoms with Crippen molar-refractivity contribution in [2.75, 3.05) is 6.61 Å². The Labute approximate surface area is 125 Å². The smallest absolute Gasteiger partial charge is 0.191 e. The van der Waals surface area contributed by atoms with Gasteiger partial charge in [0, 0.05) is 23.9 Å². The number of thioether (sulfide) groups is 1. The fourth-order valence-electron chi connectivity index (χ4n) is 2.98. The highest BCUT2D eigenvalue weighted by atomic mass is 32.2. The van der Waals surface area contributed by atoms with Crippen LogP contribution in [0.5, 0.6) is 0 Å². The van der Waals surface area contributed by atoms with Crippen molar-refractivity contribution in [1.82, 2.24) is 20.1 Å². The molecule has 5 nitrogen and oxygen atoms in total. The molecule has 0 amide bonds. The van der Waals surface area contributed by atoms with Gasteiger partial charge in [-0.05, 0) is 26.2 Å². The Kier molecular flexibility index (Phi) is 5.09. The van der Waals surface area contributed by atoms with E-state index in [1.165, 1.54) is 6.42 Å². The highest BCUT2D eigenvalue weighted by Gasteiger charge is 2.37. The van der Waals surface area contributed by atoms with Crippen LogP contribution in [0.15, 0.2) is 5.16 Å². The first-order valence-corrected chi connectivity index (χ1v) is 8.25. The maximum absolute atomic E-state index is 9.83. The van der Waals surface area contributed by atoms with Crippen molar-refractivity contribution in [2.24, 2.45) is 7.05 Å². The highest BCUT2D eigenvalue weighted by Crippen LogP contribution is 2.37. The van der Waals surface area contributed by atoms with Gasteiger partial charge in [-0.15, -0.1) is 10.2 Å². The van der Waals surface area contributed by atoms with Crippen LogP contribution in [0, 0.1) is 6.92 Å². The van der Waals surface area contributed by atoms with Crippen LogP contribution < -0.4 is 5.32 Å². The van der Waals surface area contributed by atoms with E-state index in [4.69, 9.17) is 0 Å². The van der Waals surface area contributed by atoms with Crippen molar-refractivity contribution < 1.29 is 5.11 Å². The highest BCUT2D eigenvalue weighted by molar-refractivity contribution is 7.99. The number of aromatic nitrogens is 3. The van der Waals surface area contributed by atoms with Crippen molar-refractivity contribution >= 4 is 11.8 Å². The van der Waals surface area contributed by atoms with Crippen LogP contribution in [0.2, 0.25) is 0 Å². The molecule has 0 radical (unpaired) electrons. The van der Waals surface area contributed by atoms with E-state index in [0.717, 1.165) is 30.2 Å². The summed E-state index contributed by atoms with van der Waals surface area (Å²) in [6, 6.07) is 0.392. The molecule has 2 rings (SSSR count). The van der Waals surface area contributed by atoms with E-state index in [0.29, 0.717) is 11.3 Å². The molecule has 0 saturated heterocycles. The summed E-state index contributed by atoms with van der Waals surface area (Å²) >= 11 is 1.79. The minimum absolute atomic E-state index is 0.127. The van der Waals surface area contributed by atoms with Crippen LogP contribution in [-0.4, -0.2) is 43.3 Å². The first kappa shape index (κ1) is 15.8. The summed E-state index contributed by atoms with van der Waals surface area (Å²) < 4.78 is 2.04. The normalized spacial score (nSPS) is 27.2. The molecule has 1 aromatic heterocycles. The van der Waals surface area contributed by atoms with Crippen molar-refractivity contribution in [3.63, 3.8) is 0 Å². The van der Waals surface area contributed by atoms with E-state index < -0.39 is 0 Å².